The van der Waals surface area contributed by atoms with Crippen LogP contribution < -0.4 is 11.3 Å². The molecule has 1 atom stereocenters. The van der Waals surface area contributed by atoms with E-state index >= 15 is 0 Å². The standard InChI is InChI=1S/C19H14F2N2O2/c20-13-8-9-4-5-14(22)15(9)17(21)16(13)18(24)11-2-1-3-12-10(11)6-7-23-19(12)25/h1-3,6-8,14H,4-5,22H2,(H,23,25)/t14-/m1/s1. The van der Waals surface area contributed by atoms with Crippen LogP contribution in [0.3, 0.4) is 0 Å². The van der Waals surface area contributed by atoms with Crippen LogP contribution in [0.5, 0.6) is 0 Å². The van der Waals surface area contributed by atoms with Crippen molar-refractivity contribution < 1.29 is 13.6 Å². The number of nitrogens with two attached hydrogens (primary N) is 1. The predicted molar refractivity (Wildman–Crippen MR) is 89.6 cm³/mol. The molecule has 0 radical (unpaired) electrons. The minimum atomic E-state index is -0.905. The summed E-state index contributed by atoms with van der Waals surface area (Å²) in [6, 6.07) is 6.71. The maximum atomic E-state index is 14.9. The van der Waals surface area contributed by atoms with E-state index in [9.17, 15) is 18.4 Å². The monoisotopic (exact) mass is 340 g/mol. The molecule has 4 nitrogen and oxygen atoms in total. The Morgan fingerprint density at radius 2 is 2.00 bits per heavy atom. The third kappa shape index (κ3) is 2.29. The molecule has 1 aliphatic rings. The number of fused-ring (bicyclic) bond motifs is 2. The number of hydrogen-bond acceptors (Lipinski definition) is 3. The average molecular weight is 340 g/mol. The van der Waals surface area contributed by atoms with Crippen molar-refractivity contribution in [2.75, 3.05) is 0 Å². The van der Waals surface area contributed by atoms with Crippen LogP contribution in [0, 0.1) is 11.6 Å². The summed E-state index contributed by atoms with van der Waals surface area (Å²) in [7, 11) is 0. The number of pyridine rings is 1. The number of halogens is 2. The molecule has 0 saturated carbocycles. The Kier molecular flexibility index (Phi) is 3.51. The highest BCUT2D eigenvalue weighted by Crippen LogP contribution is 2.35. The Morgan fingerprint density at radius 3 is 2.80 bits per heavy atom. The smallest absolute Gasteiger partial charge is 0.255 e. The number of aryl methyl sites for hydroxylation is 1. The predicted octanol–water partition coefficient (Wildman–Crippen LogP) is 2.98. The van der Waals surface area contributed by atoms with Crippen molar-refractivity contribution >= 4 is 16.6 Å². The summed E-state index contributed by atoms with van der Waals surface area (Å²) in [6.45, 7) is 0. The topological polar surface area (TPSA) is 76.0 Å². The van der Waals surface area contributed by atoms with E-state index < -0.39 is 29.0 Å². The van der Waals surface area contributed by atoms with E-state index in [1.807, 2.05) is 0 Å². The molecule has 3 N–H and O–H groups in total. The second-order valence-corrected chi connectivity index (χ2v) is 6.17. The molecule has 0 amide bonds. The third-order valence-electron chi connectivity index (χ3n) is 4.72. The molecule has 126 valence electrons. The Balaban J connectivity index is 1.96. The third-order valence-corrected chi connectivity index (χ3v) is 4.72. The SMILES string of the molecule is N[C@@H]1CCc2cc(F)c(C(=O)c3cccc4c(=O)[nH]ccc34)c(F)c21. The molecule has 25 heavy (non-hydrogen) atoms. The molecule has 2 aromatic carbocycles. The van der Waals surface area contributed by atoms with Gasteiger partial charge in [0.15, 0.2) is 5.78 Å². The van der Waals surface area contributed by atoms with Crippen LogP contribution in [0.4, 0.5) is 8.78 Å². The lowest BCUT2D eigenvalue weighted by Gasteiger charge is -2.12. The fourth-order valence-electron chi connectivity index (χ4n) is 3.51. The number of H-pyrrole nitrogens is 1. The maximum absolute atomic E-state index is 14.9. The van der Waals surface area contributed by atoms with E-state index in [1.165, 1.54) is 24.4 Å². The van der Waals surface area contributed by atoms with Gasteiger partial charge in [-0.05, 0) is 42.0 Å². The molecule has 0 bridgehead atoms. The summed E-state index contributed by atoms with van der Waals surface area (Å²) in [5.41, 5.74) is 5.70. The lowest BCUT2D eigenvalue weighted by molar-refractivity contribution is 0.103. The zero-order valence-corrected chi connectivity index (χ0v) is 13.1. The second-order valence-electron chi connectivity index (χ2n) is 6.17. The summed E-state index contributed by atoms with van der Waals surface area (Å²) in [5.74, 6) is -2.60. The van der Waals surface area contributed by atoms with Gasteiger partial charge in [-0.3, -0.25) is 9.59 Å². The van der Waals surface area contributed by atoms with Gasteiger partial charge >= 0.3 is 0 Å². The minimum Gasteiger partial charge on any atom is -0.329 e. The summed E-state index contributed by atoms with van der Waals surface area (Å²) in [5, 5.41) is 0.631. The lowest BCUT2D eigenvalue weighted by atomic mass is 9.94. The van der Waals surface area contributed by atoms with Gasteiger partial charge in [-0.15, -0.1) is 0 Å². The number of hydrogen-bond donors (Lipinski definition) is 2. The molecule has 0 unspecified atom stereocenters. The molecular formula is C19H14F2N2O2. The molecule has 0 saturated heterocycles. The molecule has 4 rings (SSSR count). The minimum absolute atomic E-state index is 0.0768. The number of aromatic amines is 1. The van der Waals surface area contributed by atoms with Crippen molar-refractivity contribution in [3.05, 3.63) is 80.8 Å². The van der Waals surface area contributed by atoms with Crippen LogP contribution in [0.25, 0.3) is 10.8 Å². The number of carbonyl (C=O) groups is 1. The Hall–Kier alpha value is -2.86. The van der Waals surface area contributed by atoms with Gasteiger partial charge in [-0.1, -0.05) is 12.1 Å². The fraction of sp³-hybridized carbons (Fsp3) is 0.158. The van der Waals surface area contributed by atoms with Gasteiger partial charge in [0.2, 0.25) is 0 Å². The number of aromatic nitrogens is 1. The van der Waals surface area contributed by atoms with Crippen LogP contribution in [0.15, 0.2) is 41.3 Å². The van der Waals surface area contributed by atoms with Gasteiger partial charge in [0.25, 0.3) is 5.56 Å². The Labute approximate surface area is 141 Å². The van der Waals surface area contributed by atoms with Crippen LogP contribution in [-0.2, 0) is 6.42 Å². The molecule has 1 heterocycles. The Bertz CT molecular complexity index is 1090. The highest BCUT2D eigenvalue weighted by Gasteiger charge is 2.30. The molecule has 6 heteroatoms. The van der Waals surface area contributed by atoms with E-state index in [1.54, 1.807) is 12.1 Å². The van der Waals surface area contributed by atoms with Crippen molar-refractivity contribution in [2.45, 2.75) is 18.9 Å². The van der Waals surface area contributed by atoms with Crippen molar-refractivity contribution in [2.24, 2.45) is 5.73 Å². The van der Waals surface area contributed by atoms with Crippen molar-refractivity contribution in [3.63, 3.8) is 0 Å². The number of rotatable bonds is 2. The zero-order valence-electron chi connectivity index (χ0n) is 13.1. The molecule has 1 aromatic heterocycles. The summed E-state index contributed by atoms with van der Waals surface area (Å²) < 4.78 is 29.4. The average Bonchev–Trinajstić information content (AvgIpc) is 2.95. The first-order valence-electron chi connectivity index (χ1n) is 7.90. The van der Waals surface area contributed by atoms with E-state index in [4.69, 9.17) is 5.73 Å². The second kappa shape index (κ2) is 5.60. The molecule has 0 fully saturated rings. The molecule has 1 aliphatic carbocycles. The van der Waals surface area contributed by atoms with Gasteiger partial charge in [-0.25, -0.2) is 8.78 Å². The quantitative estimate of drug-likeness (QED) is 0.704. The summed E-state index contributed by atoms with van der Waals surface area (Å²) in [4.78, 5) is 27.3. The first kappa shape index (κ1) is 15.7. The molecule has 0 spiro atoms. The molecule has 3 aromatic rings. The summed E-state index contributed by atoms with van der Waals surface area (Å²) in [6.07, 6.45) is 2.40. The van der Waals surface area contributed by atoms with E-state index in [0.29, 0.717) is 23.8 Å². The van der Waals surface area contributed by atoms with E-state index in [-0.39, 0.29) is 22.1 Å². The fourth-order valence-corrected chi connectivity index (χ4v) is 3.51. The van der Waals surface area contributed by atoms with E-state index in [0.717, 1.165) is 0 Å². The lowest BCUT2D eigenvalue weighted by Crippen LogP contribution is -2.15. The first-order chi connectivity index (χ1) is 12.0. The van der Waals surface area contributed by atoms with Gasteiger partial charge < -0.3 is 10.7 Å². The highest BCUT2D eigenvalue weighted by molar-refractivity contribution is 6.16. The number of carbonyl (C=O) groups excluding carboxylic acids is 1. The van der Waals surface area contributed by atoms with Crippen LogP contribution in [-0.4, -0.2) is 10.8 Å². The zero-order chi connectivity index (χ0) is 17.7. The van der Waals surface area contributed by atoms with Gasteiger partial charge in [0, 0.05) is 28.8 Å². The number of benzene rings is 2. The van der Waals surface area contributed by atoms with Gasteiger partial charge in [-0.2, -0.15) is 0 Å². The number of ketones is 1. The summed E-state index contributed by atoms with van der Waals surface area (Å²) >= 11 is 0. The van der Waals surface area contributed by atoms with Gasteiger partial charge in [0.05, 0.1) is 5.56 Å². The number of nitrogens with one attached hydrogen (secondary N) is 1. The van der Waals surface area contributed by atoms with E-state index in [2.05, 4.69) is 4.98 Å². The van der Waals surface area contributed by atoms with Gasteiger partial charge in [0.1, 0.15) is 11.6 Å². The maximum Gasteiger partial charge on any atom is 0.255 e. The van der Waals surface area contributed by atoms with Crippen molar-refractivity contribution in [1.82, 2.24) is 4.98 Å². The van der Waals surface area contributed by atoms with Crippen LogP contribution >= 0.6 is 0 Å². The highest BCUT2D eigenvalue weighted by atomic mass is 19.1. The van der Waals surface area contributed by atoms with Crippen LogP contribution in [0.1, 0.15) is 39.5 Å². The van der Waals surface area contributed by atoms with Crippen LogP contribution in [0.2, 0.25) is 0 Å². The molecule has 0 aliphatic heterocycles. The van der Waals surface area contributed by atoms with Crippen molar-refractivity contribution in [3.8, 4) is 0 Å². The van der Waals surface area contributed by atoms with Crippen molar-refractivity contribution in [1.29, 1.82) is 0 Å². The normalized spacial score (nSPS) is 16.2. The first-order valence-corrected chi connectivity index (χ1v) is 7.90. The largest absolute Gasteiger partial charge is 0.329 e. The Morgan fingerprint density at radius 1 is 1.20 bits per heavy atom. The molecular weight excluding hydrogens is 326 g/mol.